The van der Waals surface area contributed by atoms with Crippen molar-refractivity contribution < 1.29 is 4.79 Å². The van der Waals surface area contributed by atoms with E-state index in [0.717, 1.165) is 16.9 Å². The van der Waals surface area contributed by atoms with Crippen LogP contribution in [0.3, 0.4) is 0 Å². The van der Waals surface area contributed by atoms with Gasteiger partial charge in [-0.15, -0.1) is 0 Å². The molecule has 1 heterocycles. The molecule has 0 amide bonds. The summed E-state index contributed by atoms with van der Waals surface area (Å²) in [5.74, 6) is 1.71. The van der Waals surface area contributed by atoms with E-state index < -0.39 is 0 Å². The van der Waals surface area contributed by atoms with Crippen molar-refractivity contribution in [3.63, 3.8) is 0 Å². The average molecular weight is 248 g/mol. The second-order valence-electron chi connectivity index (χ2n) is 4.28. The number of hydrogen-bond acceptors (Lipinski definition) is 3. The van der Waals surface area contributed by atoms with Crippen LogP contribution in [0.1, 0.15) is 24.7 Å². The maximum absolute atomic E-state index is 11.1. The van der Waals surface area contributed by atoms with E-state index in [1.54, 1.807) is 6.92 Å². The molecular weight excluding hydrogens is 232 g/mol. The van der Waals surface area contributed by atoms with E-state index in [4.69, 9.17) is 0 Å². The second kappa shape index (κ2) is 4.92. The Balaban J connectivity index is 2.47. The van der Waals surface area contributed by atoms with Crippen molar-refractivity contribution in [1.82, 2.24) is 9.55 Å². The van der Waals surface area contributed by atoms with Crippen LogP contribution in [0, 0.1) is 6.92 Å². The van der Waals surface area contributed by atoms with Gasteiger partial charge in [0.15, 0.2) is 0 Å². The summed E-state index contributed by atoms with van der Waals surface area (Å²) in [6.07, 6.45) is 0.542. The first-order valence-electron chi connectivity index (χ1n) is 5.68. The lowest BCUT2D eigenvalue weighted by Gasteiger charge is -2.06. The highest BCUT2D eigenvalue weighted by molar-refractivity contribution is 7.79. The third-order valence-corrected chi connectivity index (χ3v) is 3.09. The molecule has 0 aliphatic heterocycles. The summed E-state index contributed by atoms with van der Waals surface area (Å²) in [6.45, 7) is 4.35. The smallest absolute Gasteiger partial charge is 0.131 e. The Bertz CT molecular complexity index is 560. The number of Topliss-reactive ketones (excluding diaryl/α,β-unsaturated/α-hetero) is 1. The number of carbonyl (C=O) groups is 1. The van der Waals surface area contributed by atoms with Crippen molar-refractivity contribution in [3.05, 3.63) is 29.6 Å². The first kappa shape index (κ1) is 12.2. The van der Waals surface area contributed by atoms with E-state index in [2.05, 4.69) is 40.4 Å². The molecule has 2 rings (SSSR count). The van der Waals surface area contributed by atoms with Crippen molar-refractivity contribution in [1.29, 1.82) is 0 Å². The van der Waals surface area contributed by atoms with Gasteiger partial charge in [-0.05, 0) is 31.5 Å². The topological polar surface area (TPSA) is 34.9 Å². The van der Waals surface area contributed by atoms with Crippen molar-refractivity contribution in [2.24, 2.45) is 0 Å². The van der Waals surface area contributed by atoms with E-state index in [0.29, 0.717) is 18.7 Å². The highest BCUT2D eigenvalue weighted by Gasteiger charge is 2.09. The Labute approximate surface area is 106 Å². The molecule has 3 nitrogen and oxygen atoms in total. The molecule has 0 bridgehead atoms. The molecule has 17 heavy (non-hydrogen) atoms. The van der Waals surface area contributed by atoms with E-state index in [-0.39, 0.29) is 5.78 Å². The number of benzene rings is 1. The first-order valence-corrected chi connectivity index (χ1v) is 6.31. The number of thiol groups is 1. The number of imidazole rings is 1. The number of fused-ring (bicyclic) bond motifs is 1. The minimum absolute atomic E-state index is 0.198. The zero-order valence-electron chi connectivity index (χ0n) is 10.1. The van der Waals surface area contributed by atoms with Gasteiger partial charge >= 0.3 is 0 Å². The fourth-order valence-corrected chi connectivity index (χ4v) is 2.17. The van der Waals surface area contributed by atoms with E-state index >= 15 is 0 Å². The lowest BCUT2D eigenvalue weighted by Crippen LogP contribution is -2.05. The minimum Gasteiger partial charge on any atom is -0.327 e. The van der Waals surface area contributed by atoms with Crippen LogP contribution >= 0.6 is 12.6 Å². The highest BCUT2D eigenvalue weighted by atomic mass is 32.1. The lowest BCUT2D eigenvalue weighted by atomic mass is 10.2. The number of nitrogens with zero attached hydrogens (tertiary/aromatic N) is 2. The standard InChI is InChI=1S/C13H16N2OS/c1-9-3-4-12-11(7-9)14-13(8-17)15(12)6-5-10(2)16/h3-4,7,17H,5-6,8H2,1-2H3. The van der Waals surface area contributed by atoms with Crippen LogP contribution < -0.4 is 0 Å². The molecule has 1 aromatic carbocycles. The van der Waals surface area contributed by atoms with Crippen LogP contribution in [0.5, 0.6) is 0 Å². The molecule has 0 aliphatic carbocycles. The number of aryl methyl sites for hydroxylation is 2. The van der Waals surface area contributed by atoms with Crippen LogP contribution in [0.4, 0.5) is 0 Å². The van der Waals surface area contributed by atoms with Crippen LogP contribution in [-0.4, -0.2) is 15.3 Å². The quantitative estimate of drug-likeness (QED) is 0.844. The van der Waals surface area contributed by atoms with Crippen LogP contribution in [0.25, 0.3) is 11.0 Å². The molecular formula is C13H16N2OS. The summed E-state index contributed by atoms with van der Waals surface area (Å²) in [5.41, 5.74) is 3.26. The van der Waals surface area contributed by atoms with Gasteiger partial charge in [0.05, 0.1) is 11.0 Å². The minimum atomic E-state index is 0.198. The van der Waals surface area contributed by atoms with Crippen LogP contribution in [-0.2, 0) is 17.1 Å². The Kier molecular flexibility index (Phi) is 3.52. The predicted octanol–water partition coefficient (Wildman–Crippen LogP) is 2.75. The SMILES string of the molecule is CC(=O)CCn1c(CS)nc2cc(C)ccc21. The van der Waals surface area contributed by atoms with Gasteiger partial charge in [-0.1, -0.05) is 6.07 Å². The molecule has 0 unspecified atom stereocenters. The van der Waals surface area contributed by atoms with E-state index in [1.165, 1.54) is 5.56 Å². The maximum Gasteiger partial charge on any atom is 0.131 e. The molecule has 1 aromatic heterocycles. The largest absolute Gasteiger partial charge is 0.327 e. The van der Waals surface area contributed by atoms with Gasteiger partial charge in [-0.2, -0.15) is 12.6 Å². The summed E-state index contributed by atoms with van der Waals surface area (Å²) in [4.78, 5) is 15.6. The number of ketones is 1. The Morgan fingerprint density at radius 3 is 2.88 bits per heavy atom. The molecule has 90 valence electrons. The van der Waals surface area contributed by atoms with E-state index in [9.17, 15) is 4.79 Å². The predicted molar refractivity (Wildman–Crippen MR) is 72.5 cm³/mol. The molecule has 0 aliphatic rings. The zero-order valence-corrected chi connectivity index (χ0v) is 11.0. The molecule has 0 saturated heterocycles. The molecule has 0 spiro atoms. The summed E-state index contributed by atoms with van der Waals surface area (Å²) in [5, 5.41) is 0. The third-order valence-electron chi connectivity index (χ3n) is 2.81. The normalized spacial score (nSPS) is 11.0. The number of carbonyl (C=O) groups excluding carboxylic acids is 1. The zero-order chi connectivity index (χ0) is 12.4. The Morgan fingerprint density at radius 1 is 1.47 bits per heavy atom. The number of aromatic nitrogens is 2. The van der Waals surface area contributed by atoms with Crippen molar-refractivity contribution in [2.75, 3.05) is 0 Å². The molecule has 0 saturated carbocycles. The van der Waals surface area contributed by atoms with Crippen molar-refractivity contribution >= 4 is 29.4 Å². The van der Waals surface area contributed by atoms with Gasteiger partial charge in [0.1, 0.15) is 11.6 Å². The van der Waals surface area contributed by atoms with Crippen LogP contribution in [0.2, 0.25) is 0 Å². The van der Waals surface area contributed by atoms with Gasteiger partial charge in [-0.25, -0.2) is 4.98 Å². The lowest BCUT2D eigenvalue weighted by molar-refractivity contribution is -0.117. The molecule has 0 radical (unpaired) electrons. The van der Waals surface area contributed by atoms with Crippen LogP contribution in [0.15, 0.2) is 18.2 Å². The fourth-order valence-electron chi connectivity index (χ4n) is 1.93. The van der Waals surface area contributed by atoms with Gasteiger partial charge in [0, 0.05) is 18.7 Å². The molecule has 0 fully saturated rings. The first-order chi connectivity index (χ1) is 8.11. The maximum atomic E-state index is 11.1. The van der Waals surface area contributed by atoms with Gasteiger partial charge < -0.3 is 4.57 Å². The molecule has 0 N–H and O–H groups in total. The second-order valence-corrected chi connectivity index (χ2v) is 4.60. The summed E-state index contributed by atoms with van der Waals surface area (Å²) >= 11 is 4.29. The Morgan fingerprint density at radius 2 is 2.24 bits per heavy atom. The molecule has 0 atom stereocenters. The van der Waals surface area contributed by atoms with Gasteiger partial charge in [-0.3, -0.25) is 4.79 Å². The molecule has 2 aromatic rings. The summed E-state index contributed by atoms with van der Waals surface area (Å²) in [6, 6.07) is 6.19. The van der Waals surface area contributed by atoms with E-state index in [1.807, 2.05) is 6.92 Å². The molecule has 4 heteroatoms. The summed E-state index contributed by atoms with van der Waals surface area (Å²) < 4.78 is 2.09. The van der Waals surface area contributed by atoms with Crippen molar-refractivity contribution in [3.8, 4) is 0 Å². The van der Waals surface area contributed by atoms with Crippen molar-refractivity contribution in [2.45, 2.75) is 32.6 Å². The van der Waals surface area contributed by atoms with Gasteiger partial charge in [0.25, 0.3) is 0 Å². The fraction of sp³-hybridized carbons (Fsp3) is 0.385. The summed E-state index contributed by atoms with van der Waals surface area (Å²) in [7, 11) is 0. The highest BCUT2D eigenvalue weighted by Crippen LogP contribution is 2.19. The monoisotopic (exact) mass is 248 g/mol. The number of hydrogen-bond donors (Lipinski definition) is 1. The third kappa shape index (κ3) is 2.52. The number of rotatable bonds is 4. The Hall–Kier alpha value is -1.29. The average Bonchev–Trinajstić information content (AvgIpc) is 2.63. The van der Waals surface area contributed by atoms with Gasteiger partial charge in [0.2, 0.25) is 0 Å².